The van der Waals surface area contributed by atoms with Crippen LogP contribution >= 0.6 is 0 Å². The Labute approximate surface area is 137 Å². The highest BCUT2D eigenvalue weighted by molar-refractivity contribution is 6.00. The van der Waals surface area contributed by atoms with Gasteiger partial charge in [0.15, 0.2) is 0 Å². The molecule has 8 nitrogen and oxygen atoms in total. The van der Waals surface area contributed by atoms with E-state index in [0.717, 1.165) is 10.9 Å². The number of nitrogens with one attached hydrogen (secondary N) is 2. The van der Waals surface area contributed by atoms with Crippen LogP contribution in [0.5, 0.6) is 0 Å². The van der Waals surface area contributed by atoms with Gasteiger partial charge in [0, 0.05) is 30.1 Å². The summed E-state index contributed by atoms with van der Waals surface area (Å²) in [4.78, 5) is 45.9. The van der Waals surface area contributed by atoms with Crippen LogP contribution in [0.15, 0.2) is 33.5 Å². The van der Waals surface area contributed by atoms with E-state index in [1.807, 2.05) is 0 Å². The molecule has 1 aromatic heterocycles. The Bertz CT molecular complexity index is 856. The average Bonchev–Trinajstić information content (AvgIpc) is 2.44. The Morgan fingerprint density at radius 2 is 1.96 bits per heavy atom. The van der Waals surface area contributed by atoms with Gasteiger partial charge < -0.3 is 20.8 Å². The molecule has 24 heavy (non-hydrogen) atoms. The third-order valence-corrected chi connectivity index (χ3v) is 3.32. The van der Waals surface area contributed by atoms with E-state index in [1.54, 1.807) is 19.1 Å². The molecule has 0 unspecified atom stereocenters. The standard InChI is InChI=1S/C16H17N3O5/c1-8-5-15(22)24-13-6-10(3-4-11(8)13)19-16(23)12(7-14(17)21)18-9(2)20/h3-6,12H,7H2,1-2H3,(H2,17,21)(H,18,20)(H,19,23)/t12-/m1/s1. The van der Waals surface area contributed by atoms with Crippen molar-refractivity contribution >= 4 is 34.4 Å². The number of primary amides is 1. The molecule has 0 aliphatic carbocycles. The first-order chi connectivity index (χ1) is 11.3. The number of nitrogens with two attached hydrogens (primary N) is 1. The second-order valence-corrected chi connectivity index (χ2v) is 5.37. The van der Waals surface area contributed by atoms with Crippen LogP contribution in [-0.2, 0) is 14.4 Å². The van der Waals surface area contributed by atoms with E-state index in [4.69, 9.17) is 10.2 Å². The SMILES string of the molecule is CC(=O)N[C@H](CC(N)=O)C(=O)Nc1ccc2c(C)cc(=O)oc2c1. The van der Waals surface area contributed by atoms with Crippen LogP contribution in [0.4, 0.5) is 5.69 Å². The van der Waals surface area contributed by atoms with Crippen LogP contribution in [0.3, 0.4) is 0 Å². The zero-order valence-corrected chi connectivity index (χ0v) is 13.2. The molecule has 1 aromatic carbocycles. The number of amides is 3. The van der Waals surface area contributed by atoms with E-state index >= 15 is 0 Å². The van der Waals surface area contributed by atoms with Gasteiger partial charge in [0.05, 0.1) is 6.42 Å². The fourth-order valence-electron chi connectivity index (χ4n) is 2.29. The molecule has 0 aliphatic heterocycles. The van der Waals surface area contributed by atoms with Gasteiger partial charge in [0.25, 0.3) is 0 Å². The zero-order valence-electron chi connectivity index (χ0n) is 13.2. The fourth-order valence-corrected chi connectivity index (χ4v) is 2.29. The predicted molar refractivity (Wildman–Crippen MR) is 87.3 cm³/mol. The number of carbonyl (C=O) groups excluding carboxylic acids is 3. The Hall–Kier alpha value is -3.16. The summed E-state index contributed by atoms with van der Waals surface area (Å²) < 4.78 is 5.10. The number of hydrogen-bond donors (Lipinski definition) is 3. The van der Waals surface area contributed by atoms with Gasteiger partial charge in [-0.1, -0.05) is 0 Å². The van der Waals surface area contributed by atoms with Crippen LogP contribution in [0, 0.1) is 6.92 Å². The Balaban J connectivity index is 2.26. The fraction of sp³-hybridized carbons (Fsp3) is 0.250. The number of carbonyl (C=O) groups is 3. The first kappa shape index (κ1) is 17.2. The molecule has 4 N–H and O–H groups in total. The zero-order chi connectivity index (χ0) is 17.9. The Morgan fingerprint density at radius 1 is 1.25 bits per heavy atom. The van der Waals surface area contributed by atoms with Crippen molar-refractivity contribution in [1.29, 1.82) is 0 Å². The normalized spacial score (nSPS) is 11.8. The highest BCUT2D eigenvalue weighted by Crippen LogP contribution is 2.20. The van der Waals surface area contributed by atoms with E-state index in [0.29, 0.717) is 11.3 Å². The number of hydrogen-bond acceptors (Lipinski definition) is 5. The molecule has 8 heteroatoms. The molecule has 0 saturated heterocycles. The van der Waals surface area contributed by atoms with Crippen molar-refractivity contribution in [2.75, 3.05) is 5.32 Å². The molecule has 3 amide bonds. The van der Waals surface area contributed by atoms with Gasteiger partial charge >= 0.3 is 5.63 Å². The van der Waals surface area contributed by atoms with Crippen molar-refractivity contribution in [3.8, 4) is 0 Å². The van der Waals surface area contributed by atoms with E-state index in [9.17, 15) is 19.2 Å². The maximum atomic E-state index is 12.2. The molecular weight excluding hydrogens is 314 g/mol. The summed E-state index contributed by atoms with van der Waals surface area (Å²) in [5.74, 6) is -1.78. The lowest BCUT2D eigenvalue weighted by Gasteiger charge is -2.16. The van der Waals surface area contributed by atoms with Crippen molar-refractivity contribution < 1.29 is 18.8 Å². The summed E-state index contributed by atoms with van der Waals surface area (Å²) >= 11 is 0. The first-order valence-corrected chi connectivity index (χ1v) is 7.17. The summed E-state index contributed by atoms with van der Waals surface area (Å²) in [5.41, 5.74) is 6.03. The van der Waals surface area contributed by atoms with E-state index in [2.05, 4.69) is 10.6 Å². The van der Waals surface area contributed by atoms with Crippen LogP contribution in [0.25, 0.3) is 11.0 Å². The van der Waals surface area contributed by atoms with Crippen LogP contribution < -0.4 is 22.0 Å². The molecule has 0 spiro atoms. The van der Waals surface area contributed by atoms with Crippen molar-refractivity contribution in [2.24, 2.45) is 5.73 Å². The minimum absolute atomic E-state index is 0.323. The molecule has 126 valence electrons. The lowest BCUT2D eigenvalue weighted by atomic mass is 10.1. The monoisotopic (exact) mass is 331 g/mol. The molecule has 0 bridgehead atoms. The Kier molecular flexibility index (Phi) is 4.98. The van der Waals surface area contributed by atoms with E-state index in [-0.39, 0.29) is 6.42 Å². The van der Waals surface area contributed by atoms with Crippen molar-refractivity contribution in [2.45, 2.75) is 26.3 Å². The van der Waals surface area contributed by atoms with Crippen LogP contribution in [0.1, 0.15) is 18.9 Å². The number of benzene rings is 1. The Morgan fingerprint density at radius 3 is 2.58 bits per heavy atom. The average molecular weight is 331 g/mol. The third-order valence-electron chi connectivity index (χ3n) is 3.32. The predicted octanol–water partition coefficient (Wildman–Crippen LogP) is 0.420. The summed E-state index contributed by atoms with van der Waals surface area (Å²) in [6.07, 6.45) is -0.326. The topological polar surface area (TPSA) is 132 Å². The maximum absolute atomic E-state index is 12.2. The van der Waals surface area contributed by atoms with Crippen LogP contribution in [0.2, 0.25) is 0 Å². The highest BCUT2D eigenvalue weighted by Gasteiger charge is 2.22. The molecule has 2 rings (SSSR count). The smallest absolute Gasteiger partial charge is 0.336 e. The van der Waals surface area contributed by atoms with Crippen molar-refractivity contribution in [3.05, 3.63) is 40.2 Å². The lowest BCUT2D eigenvalue weighted by molar-refractivity contribution is -0.127. The van der Waals surface area contributed by atoms with Crippen molar-refractivity contribution in [1.82, 2.24) is 5.32 Å². The maximum Gasteiger partial charge on any atom is 0.336 e. The number of rotatable bonds is 5. The highest BCUT2D eigenvalue weighted by atomic mass is 16.4. The molecule has 0 fully saturated rings. The van der Waals surface area contributed by atoms with Crippen molar-refractivity contribution in [3.63, 3.8) is 0 Å². The van der Waals surface area contributed by atoms with Gasteiger partial charge in [-0.15, -0.1) is 0 Å². The van der Waals surface area contributed by atoms with E-state index in [1.165, 1.54) is 19.1 Å². The summed E-state index contributed by atoms with van der Waals surface area (Å²) in [6.45, 7) is 3.01. The quantitative estimate of drug-likeness (QED) is 0.683. The largest absolute Gasteiger partial charge is 0.423 e. The molecule has 1 heterocycles. The molecule has 0 aliphatic rings. The van der Waals surface area contributed by atoms with Gasteiger partial charge in [-0.25, -0.2) is 4.79 Å². The minimum Gasteiger partial charge on any atom is -0.423 e. The second-order valence-electron chi connectivity index (χ2n) is 5.37. The summed E-state index contributed by atoms with van der Waals surface area (Å²) in [7, 11) is 0. The van der Waals surface area contributed by atoms with Gasteiger partial charge in [-0.05, 0) is 24.6 Å². The first-order valence-electron chi connectivity index (χ1n) is 7.17. The number of fused-ring (bicyclic) bond motifs is 1. The number of anilines is 1. The molecule has 2 aromatic rings. The van der Waals surface area contributed by atoms with Gasteiger partial charge in [0.2, 0.25) is 17.7 Å². The molecule has 0 saturated carbocycles. The summed E-state index contributed by atoms with van der Waals surface area (Å²) in [6, 6.07) is 5.12. The second kappa shape index (κ2) is 6.95. The third kappa shape index (κ3) is 4.19. The minimum atomic E-state index is -1.08. The van der Waals surface area contributed by atoms with Gasteiger partial charge in [0.1, 0.15) is 11.6 Å². The van der Waals surface area contributed by atoms with Crippen LogP contribution in [-0.4, -0.2) is 23.8 Å². The molecular formula is C16H17N3O5. The van der Waals surface area contributed by atoms with Gasteiger partial charge in [-0.3, -0.25) is 14.4 Å². The number of aryl methyl sites for hydroxylation is 1. The molecule has 0 radical (unpaired) electrons. The summed E-state index contributed by atoms with van der Waals surface area (Å²) in [5, 5.41) is 5.66. The van der Waals surface area contributed by atoms with E-state index < -0.39 is 29.4 Å². The molecule has 1 atom stereocenters. The lowest BCUT2D eigenvalue weighted by Crippen LogP contribution is -2.45. The van der Waals surface area contributed by atoms with Gasteiger partial charge in [-0.2, -0.15) is 0 Å².